The Hall–Kier alpha value is -3.05. The Morgan fingerprint density at radius 3 is 2.79 bits per heavy atom. The number of nitrogens with one attached hydrogen (secondary N) is 1. The zero-order valence-corrected chi connectivity index (χ0v) is 17.8. The summed E-state index contributed by atoms with van der Waals surface area (Å²) in [5, 5.41) is 0. The van der Waals surface area contributed by atoms with E-state index in [-0.39, 0.29) is 10.5 Å². The number of halogens is 1. The summed E-state index contributed by atoms with van der Waals surface area (Å²) in [7, 11) is 0. The fourth-order valence-corrected chi connectivity index (χ4v) is 6.30. The van der Waals surface area contributed by atoms with Crippen LogP contribution in [0, 0.1) is 5.82 Å². The van der Waals surface area contributed by atoms with Gasteiger partial charge in [-0.05, 0) is 0 Å². The first kappa shape index (κ1) is 18.0. The molecular weight excluding hydrogens is 430 g/mol. The molecule has 5 aromatic rings. The zero-order valence-electron chi connectivity index (χ0n) is 15.7. The predicted octanol–water partition coefficient (Wildman–Crippen LogP) is 3.04. The molecule has 0 fully saturated rings. The minimum absolute atomic E-state index is 0.215. The third-order valence-corrected chi connectivity index (χ3v) is 8.41. The van der Waals surface area contributed by atoms with Crippen LogP contribution in [0.15, 0.2) is 61.2 Å². The number of benzene rings is 2. The van der Waals surface area contributed by atoms with E-state index >= 15 is 0 Å². The molecule has 0 saturated carbocycles. The van der Waals surface area contributed by atoms with Crippen LogP contribution in [0.25, 0.3) is 27.9 Å². The molecule has 3 aromatic heterocycles. The van der Waals surface area contributed by atoms with Crippen LogP contribution in [0.4, 0.5) is 4.39 Å². The van der Waals surface area contributed by atoms with Crippen LogP contribution in [0.5, 0.6) is 0 Å². The average molecular weight is 448 g/mol. The molecule has 6 nitrogen and oxygen atoms in total. The first-order valence-corrected chi connectivity index (χ1v) is 11.6. The van der Waals surface area contributed by atoms with Crippen molar-refractivity contribution in [1.82, 2.24) is 29.5 Å². The van der Waals surface area contributed by atoms with E-state index in [4.69, 9.17) is 4.98 Å². The molecule has 0 spiro atoms. The monoisotopic (exact) mass is 448 g/mol. The third-order valence-electron chi connectivity index (χ3n) is 4.91. The molecule has 0 saturated heterocycles. The van der Waals surface area contributed by atoms with E-state index in [1.807, 2.05) is 30.3 Å². The zero-order chi connectivity index (χ0) is 19.8. The van der Waals surface area contributed by atoms with Crippen LogP contribution in [-0.4, -0.2) is 45.2 Å². The number of rotatable bonds is 5. The summed E-state index contributed by atoms with van der Waals surface area (Å²) >= 11 is -0.715. The van der Waals surface area contributed by atoms with Crippen LogP contribution in [0.2, 0.25) is 0 Å². The summed E-state index contributed by atoms with van der Waals surface area (Å²) in [6, 6.07) is 14.8. The molecule has 0 radical (unpaired) electrons. The number of aromatic nitrogens is 6. The summed E-state index contributed by atoms with van der Waals surface area (Å²) in [5.41, 5.74) is 4.15. The molecule has 2 aromatic carbocycles. The standard InChI is InChI=1S/C21H18AsFN6/c1-2-15(22-19-18-20(26-11-24-18)27-12-25-19)21-28-16-9-8-13(23)10-17(16)29(21)14-6-4-3-5-7-14/h3-12,15,22H,2H2,1H3,(H,24,25,26,27). The molecule has 1 N–H and O–H groups in total. The molecule has 0 aliphatic rings. The summed E-state index contributed by atoms with van der Waals surface area (Å²) in [4.78, 5) is 21.1. The number of H-pyrrole nitrogens is 1. The minimum atomic E-state index is -0.715. The Morgan fingerprint density at radius 1 is 1.10 bits per heavy atom. The molecule has 0 aliphatic carbocycles. The van der Waals surface area contributed by atoms with Gasteiger partial charge in [0.05, 0.1) is 0 Å². The van der Waals surface area contributed by atoms with E-state index in [1.54, 1.807) is 24.8 Å². The number of para-hydroxylation sites is 1. The van der Waals surface area contributed by atoms with Crippen molar-refractivity contribution in [3.63, 3.8) is 0 Å². The Bertz CT molecular complexity index is 1300. The Balaban J connectivity index is 1.67. The predicted molar refractivity (Wildman–Crippen MR) is 113 cm³/mol. The average Bonchev–Trinajstić information content (AvgIpc) is 3.37. The van der Waals surface area contributed by atoms with Gasteiger partial charge in [0.25, 0.3) is 0 Å². The van der Waals surface area contributed by atoms with Crippen LogP contribution < -0.4 is 4.48 Å². The number of hydrogen-bond donors (Lipinski definition) is 1. The van der Waals surface area contributed by atoms with Gasteiger partial charge < -0.3 is 0 Å². The maximum absolute atomic E-state index is 14.0. The molecule has 0 aliphatic heterocycles. The topological polar surface area (TPSA) is 72.3 Å². The Labute approximate surface area is 172 Å². The van der Waals surface area contributed by atoms with E-state index in [2.05, 4.69) is 31.4 Å². The van der Waals surface area contributed by atoms with Gasteiger partial charge in [0.15, 0.2) is 0 Å². The van der Waals surface area contributed by atoms with Gasteiger partial charge >= 0.3 is 173 Å². The van der Waals surface area contributed by atoms with Crippen molar-refractivity contribution in [3.05, 3.63) is 72.8 Å². The van der Waals surface area contributed by atoms with E-state index < -0.39 is 15.8 Å². The second-order valence-electron chi connectivity index (χ2n) is 6.70. The number of hydrogen-bond acceptors (Lipinski definition) is 4. The molecule has 3 heterocycles. The van der Waals surface area contributed by atoms with Crippen molar-refractivity contribution in [2.24, 2.45) is 0 Å². The fraction of sp³-hybridized carbons (Fsp3) is 0.143. The van der Waals surface area contributed by atoms with E-state index in [0.29, 0.717) is 5.65 Å². The normalized spacial score (nSPS) is 13.0. The molecule has 8 heteroatoms. The quantitative estimate of drug-likeness (QED) is 0.420. The number of aromatic amines is 1. The molecule has 2 unspecified atom stereocenters. The van der Waals surface area contributed by atoms with Gasteiger partial charge in [-0.2, -0.15) is 0 Å². The first-order chi connectivity index (χ1) is 14.2. The number of imidazole rings is 2. The Kier molecular flexibility index (Phi) is 4.60. The summed E-state index contributed by atoms with van der Waals surface area (Å²) < 4.78 is 17.4. The van der Waals surface area contributed by atoms with Crippen molar-refractivity contribution < 1.29 is 4.39 Å². The molecular formula is C21H18AsFN6. The van der Waals surface area contributed by atoms with E-state index in [1.165, 1.54) is 6.07 Å². The molecule has 144 valence electrons. The summed E-state index contributed by atoms with van der Waals surface area (Å²) in [5.74, 6) is 0.686. The van der Waals surface area contributed by atoms with Crippen LogP contribution in [0.1, 0.15) is 23.9 Å². The molecule has 29 heavy (non-hydrogen) atoms. The van der Waals surface area contributed by atoms with Crippen molar-refractivity contribution in [1.29, 1.82) is 0 Å². The van der Waals surface area contributed by atoms with Gasteiger partial charge in [-0.15, -0.1) is 0 Å². The number of fused-ring (bicyclic) bond motifs is 2. The SMILES string of the molecule is CCC([AsH]c1ncnc2nc[nH]c12)c1nc2ccc(F)cc2n1-c1ccccc1. The van der Waals surface area contributed by atoms with Crippen molar-refractivity contribution >= 4 is 42.4 Å². The third kappa shape index (κ3) is 3.21. The first-order valence-electron chi connectivity index (χ1n) is 9.38. The van der Waals surface area contributed by atoms with Crippen LogP contribution in [-0.2, 0) is 0 Å². The van der Waals surface area contributed by atoms with Crippen molar-refractivity contribution in [2.75, 3.05) is 0 Å². The second kappa shape index (κ2) is 7.41. The van der Waals surface area contributed by atoms with Gasteiger partial charge in [0.1, 0.15) is 0 Å². The Morgan fingerprint density at radius 2 is 1.97 bits per heavy atom. The van der Waals surface area contributed by atoms with Gasteiger partial charge in [-0.1, -0.05) is 0 Å². The van der Waals surface area contributed by atoms with E-state index in [0.717, 1.165) is 39.0 Å². The maximum atomic E-state index is 14.0. The van der Waals surface area contributed by atoms with Gasteiger partial charge in [0.2, 0.25) is 0 Å². The molecule has 5 rings (SSSR count). The van der Waals surface area contributed by atoms with Crippen LogP contribution >= 0.6 is 0 Å². The fourth-order valence-electron chi connectivity index (χ4n) is 3.54. The van der Waals surface area contributed by atoms with Gasteiger partial charge in [0, 0.05) is 0 Å². The van der Waals surface area contributed by atoms with Crippen LogP contribution in [0.3, 0.4) is 0 Å². The van der Waals surface area contributed by atoms with Gasteiger partial charge in [-0.25, -0.2) is 0 Å². The second-order valence-corrected chi connectivity index (χ2v) is 9.76. The van der Waals surface area contributed by atoms with Crippen molar-refractivity contribution in [3.8, 4) is 5.69 Å². The van der Waals surface area contributed by atoms with Crippen molar-refractivity contribution in [2.45, 2.75) is 18.1 Å². The van der Waals surface area contributed by atoms with E-state index in [9.17, 15) is 4.39 Å². The van der Waals surface area contributed by atoms with Gasteiger partial charge in [-0.3, -0.25) is 0 Å². The summed E-state index contributed by atoms with van der Waals surface area (Å²) in [6.45, 7) is 2.16. The summed E-state index contributed by atoms with van der Waals surface area (Å²) in [6.07, 6.45) is 4.14. The number of nitrogens with zero attached hydrogens (tertiary/aromatic N) is 5. The molecule has 0 bridgehead atoms. The molecule has 2 atom stereocenters. The molecule has 0 amide bonds.